The topological polar surface area (TPSA) is 60.1 Å². The van der Waals surface area contributed by atoms with Gasteiger partial charge in [-0.15, -0.1) is 0 Å². The Balaban J connectivity index is 1.86. The van der Waals surface area contributed by atoms with Crippen molar-refractivity contribution in [2.24, 2.45) is 0 Å². The summed E-state index contributed by atoms with van der Waals surface area (Å²) < 4.78 is 2.66. The maximum atomic E-state index is 12.8. The molecule has 0 N–H and O–H groups in total. The van der Waals surface area contributed by atoms with Crippen molar-refractivity contribution in [3.8, 4) is 5.69 Å². The van der Waals surface area contributed by atoms with Gasteiger partial charge in [-0.05, 0) is 31.2 Å². The lowest BCUT2D eigenvalue weighted by molar-refractivity contribution is 0.672. The average molecular weight is 320 g/mol. The molecule has 2 aromatic carbocycles. The predicted octanol–water partition coefficient (Wildman–Crippen LogP) is 1.85. The van der Waals surface area contributed by atoms with E-state index in [9.17, 15) is 9.59 Å². The van der Waals surface area contributed by atoms with Crippen LogP contribution in [0.3, 0.4) is 0 Å². The summed E-state index contributed by atoms with van der Waals surface area (Å²) in [4.78, 5) is 31.3. The first-order valence-corrected chi connectivity index (χ1v) is 7.79. The molecule has 0 saturated carbocycles. The Kier molecular flexibility index (Phi) is 3.30. The molecule has 24 heavy (non-hydrogen) atoms. The molecule has 3 aromatic rings. The molecule has 0 spiro atoms. The van der Waals surface area contributed by atoms with Gasteiger partial charge in [0.15, 0.2) is 0 Å². The molecule has 0 amide bonds. The monoisotopic (exact) mass is 320 g/mol. The van der Waals surface area contributed by atoms with E-state index in [1.54, 1.807) is 28.8 Å². The van der Waals surface area contributed by atoms with Crippen LogP contribution in [0.5, 0.6) is 0 Å². The SMILES string of the molecule is Cc1ccc(N2CCn3c2nc(=O)n(-c2ccccc2)c3=O)cc1. The van der Waals surface area contributed by atoms with Crippen LogP contribution in [0.15, 0.2) is 64.2 Å². The summed E-state index contributed by atoms with van der Waals surface area (Å²) in [6.07, 6.45) is 0. The minimum atomic E-state index is -0.559. The molecule has 0 fully saturated rings. The third-order valence-corrected chi connectivity index (χ3v) is 4.20. The third kappa shape index (κ3) is 2.23. The van der Waals surface area contributed by atoms with Crippen molar-refractivity contribution in [1.29, 1.82) is 0 Å². The Hall–Kier alpha value is -3.15. The van der Waals surface area contributed by atoms with Gasteiger partial charge in [0.1, 0.15) is 0 Å². The van der Waals surface area contributed by atoms with Crippen molar-refractivity contribution in [2.75, 3.05) is 11.4 Å². The molecule has 1 aliphatic heterocycles. The first kappa shape index (κ1) is 14.4. The van der Waals surface area contributed by atoms with Crippen molar-refractivity contribution in [3.63, 3.8) is 0 Å². The van der Waals surface area contributed by atoms with Crippen LogP contribution in [0.25, 0.3) is 5.69 Å². The van der Waals surface area contributed by atoms with Gasteiger partial charge in [-0.3, -0.25) is 4.57 Å². The second kappa shape index (κ2) is 5.49. The van der Waals surface area contributed by atoms with E-state index in [-0.39, 0.29) is 5.69 Å². The second-order valence-electron chi connectivity index (χ2n) is 5.79. The highest BCUT2D eigenvalue weighted by molar-refractivity contribution is 5.59. The first-order valence-electron chi connectivity index (χ1n) is 7.79. The van der Waals surface area contributed by atoms with Crippen LogP contribution in [-0.4, -0.2) is 20.7 Å². The van der Waals surface area contributed by atoms with Crippen LogP contribution in [0.1, 0.15) is 5.56 Å². The van der Waals surface area contributed by atoms with Crippen LogP contribution in [0.4, 0.5) is 11.6 Å². The number of hydrogen-bond acceptors (Lipinski definition) is 4. The highest BCUT2D eigenvalue weighted by Crippen LogP contribution is 2.26. The maximum Gasteiger partial charge on any atom is 0.359 e. The zero-order valence-corrected chi connectivity index (χ0v) is 13.2. The average Bonchev–Trinajstić information content (AvgIpc) is 3.00. The van der Waals surface area contributed by atoms with Crippen molar-refractivity contribution in [3.05, 3.63) is 81.1 Å². The molecule has 4 rings (SSSR count). The maximum absolute atomic E-state index is 12.8. The van der Waals surface area contributed by atoms with Crippen molar-refractivity contribution in [1.82, 2.24) is 14.1 Å². The van der Waals surface area contributed by atoms with Gasteiger partial charge in [0.05, 0.1) is 5.69 Å². The number of benzene rings is 2. The summed E-state index contributed by atoms with van der Waals surface area (Å²) in [5, 5.41) is 0. The fourth-order valence-electron chi connectivity index (χ4n) is 2.95. The Morgan fingerprint density at radius 2 is 1.58 bits per heavy atom. The second-order valence-corrected chi connectivity index (χ2v) is 5.79. The van der Waals surface area contributed by atoms with E-state index in [1.807, 2.05) is 42.2 Å². The van der Waals surface area contributed by atoms with E-state index in [0.29, 0.717) is 24.7 Å². The molecule has 6 nitrogen and oxygen atoms in total. The molecule has 1 aliphatic rings. The number of fused-ring (bicyclic) bond motifs is 1. The molecule has 120 valence electrons. The molecular formula is C18H16N4O2. The molecule has 1 aromatic heterocycles. The number of aryl methyl sites for hydroxylation is 1. The van der Waals surface area contributed by atoms with E-state index in [4.69, 9.17) is 0 Å². The fraction of sp³-hybridized carbons (Fsp3) is 0.167. The molecule has 0 radical (unpaired) electrons. The lowest BCUT2D eigenvalue weighted by Crippen LogP contribution is -2.40. The highest BCUT2D eigenvalue weighted by Gasteiger charge is 2.25. The summed E-state index contributed by atoms with van der Waals surface area (Å²) in [6, 6.07) is 16.8. The summed E-state index contributed by atoms with van der Waals surface area (Å²) in [5.74, 6) is 0.404. The van der Waals surface area contributed by atoms with Crippen LogP contribution in [0, 0.1) is 6.92 Å². The Labute approximate surface area is 138 Å². The molecule has 0 bridgehead atoms. The Bertz CT molecular complexity index is 1000. The van der Waals surface area contributed by atoms with Crippen molar-refractivity contribution in [2.45, 2.75) is 13.5 Å². The Morgan fingerprint density at radius 3 is 2.29 bits per heavy atom. The molecule has 0 unspecified atom stereocenters. The molecule has 0 atom stereocenters. The van der Waals surface area contributed by atoms with Gasteiger partial charge in [-0.25, -0.2) is 14.2 Å². The summed E-state index contributed by atoms with van der Waals surface area (Å²) in [7, 11) is 0. The number of para-hydroxylation sites is 1. The van der Waals surface area contributed by atoms with E-state index in [0.717, 1.165) is 15.8 Å². The summed E-state index contributed by atoms with van der Waals surface area (Å²) >= 11 is 0. The molecule has 0 aliphatic carbocycles. The lowest BCUT2D eigenvalue weighted by Gasteiger charge is -2.17. The zero-order chi connectivity index (χ0) is 16.7. The van der Waals surface area contributed by atoms with Crippen molar-refractivity contribution >= 4 is 11.6 Å². The zero-order valence-electron chi connectivity index (χ0n) is 13.2. The van der Waals surface area contributed by atoms with Crippen LogP contribution >= 0.6 is 0 Å². The van der Waals surface area contributed by atoms with Crippen LogP contribution in [-0.2, 0) is 6.54 Å². The van der Waals surface area contributed by atoms with Crippen LogP contribution < -0.4 is 16.3 Å². The lowest BCUT2D eigenvalue weighted by atomic mass is 10.2. The molecule has 2 heterocycles. The van der Waals surface area contributed by atoms with Gasteiger partial charge >= 0.3 is 11.4 Å². The molecule has 0 saturated heterocycles. The van der Waals surface area contributed by atoms with Gasteiger partial charge < -0.3 is 4.90 Å². The largest absolute Gasteiger partial charge is 0.359 e. The van der Waals surface area contributed by atoms with Crippen LogP contribution in [0.2, 0.25) is 0 Å². The normalized spacial score (nSPS) is 13.1. The Morgan fingerprint density at radius 1 is 0.875 bits per heavy atom. The number of aromatic nitrogens is 3. The van der Waals surface area contributed by atoms with Crippen molar-refractivity contribution < 1.29 is 0 Å². The highest BCUT2D eigenvalue weighted by atomic mass is 16.2. The third-order valence-electron chi connectivity index (χ3n) is 4.20. The summed E-state index contributed by atoms with van der Waals surface area (Å²) in [6.45, 7) is 3.13. The van der Waals surface area contributed by atoms with E-state index >= 15 is 0 Å². The number of hydrogen-bond donors (Lipinski definition) is 0. The number of anilines is 2. The minimum Gasteiger partial charge on any atom is -0.310 e. The summed E-state index contributed by atoms with van der Waals surface area (Å²) in [5.41, 5.74) is 1.70. The van der Waals surface area contributed by atoms with Gasteiger partial charge in [-0.2, -0.15) is 4.98 Å². The molecular weight excluding hydrogens is 304 g/mol. The van der Waals surface area contributed by atoms with E-state index in [1.165, 1.54) is 0 Å². The first-order chi connectivity index (χ1) is 11.6. The fourth-order valence-corrected chi connectivity index (χ4v) is 2.95. The quantitative estimate of drug-likeness (QED) is 0.723. The van der Waals surface area contributed by atoms with E-state index < -0.39 is 5.69 Å². The van der Waals surface area contributed by atoms with E-state index in [2.05, 4.69) is 4.98 Å². The predicted molar refractivity (Wildman–Crippen MR) is 92.3 cm³/mol. The minimum absolute atomic E-state index is 0.356. The smallest absolute Gasteiger partial charge is 0.310 e. The number of nitrogens with zero attached hydrogens (tertiary/aromatic N) is 4. The van der Waals surface area contributed by atoms with Gasteiger partial charge in [0.25, 0.3) is 0 Å². The standard InChI is InChI=1S/C18H16N4O2/c1-13-7-9-14(10-8-13)20-11-12-21-16(20)19-17(23)22(18(21)24)15-5-3-2-4-6-15/h2-10H,11-12H2,1H3. The van der Waals surface area contributed by atoms with Gasteiger partial charge in [0, 0.05) is 18.8 Å². The number of rotatable bonds is 2. The van der Waals surface area contributed by atoms with Gasteiger partial charge in [-0.1, -0.05) is 35.9 Å². The molecule has 6 heteroatoms. The van der Waals surface area contributed by atoms with Gasteiger partial charge in [0.2, 0.25) is 5.95 Å².